The van der Waals surface area contributed by atoms with E-state index in [-0.39, 0.29) is 6.10 Å². The second kappa shape index (κ2) is 4.92. The molecule has 0 saturated carbocycles. The van der Waals surface area contributed by atoms with Gasteiger partial charge in [-0.2, -0.15) is 5.26 Å². The summed E-state index contributed by atoms with van der Waals surface area (Å²) in [6, 6.07) is 9.86. The van der Waals surface area contributed by atoms with Crippen molar-refractivity contribution in [3.63, 3.8) is 0 Å². The second-order valence-electron chi connectivity index (χ2n) is 4.24. The lowest BCUT2D eigenvalue weighted by molar-refractivity contribution is 0.0923. The minimum Gasteiger partial charge on any atom is -0.497 e. The maximum absolute atomic E-state index is 8.89. The van der Waals surface area contributed by atoms with Gasteiger partial charge in [0, 0.05) is 0 Å². The molecule has 0 N–H and O–H groups in total. The third-order valence-corrected chi connectivity index (χ3v) is 2.89. The van der Waals surface area contributed by atoms with E-state index in [1.54, 1.807) is 7.11 Å². The highest BCUT2D eigenvalue weighted by molar-refractivity contribution is 5.30. The second-order valence-corrected chi connectivity index (χ2v) is 4.24. The molecular formula is C14H15NO2. The van der Waals surface area contributed by atoms with Gasteiger partial charge in [0.05, 0.1) is 7.11 Å². The van der Waals surface area contributed by atoms with Gasteiger partial charge in [-0.3, -0.25) is 0 Å². The summed E-state index contributed by atoms with van der Waals surface area (Å²) in [5.74, 6) is 1.61. The number of hydrogen-bond acceptors (Lipinski definition) is 3. The number of nitriles is 1. The fraction of sp³-hybridized carbons (Fsp3) is 0.357. The van der Waals surface area contributed by atoms with Gasteiger partial charge in [0.2, 0.25) is 0 Å². The van der Waals surface area contributed by atoms with Crippen LogP contribution >= 0.6 is 0 Å². The van der Waals surface area contributed by atoms with Crippen LogP contribution in [0.4, 0.5) is 0 Å². The Balaban J connectivity index is 2.18. The van der Waals surface area contributed by atoms with Gasteiger partial charge in [-0.25, -0.2) is 0 Å². The van der Waals surface area contributed by atoms with E-state index in [4.69, 9.17) is 14.7 Å². The molecule has 1 aliphatic heterocycles. The van der Waals surface area contributed by atoms with Crippen LogP contribution in [0.15, 0.2) is 36.1 Å². The molecule has 0 saturated heterocycles. The predicted molar refractivity (Wildman–Crippen MR) is 64.3 cm³/mol. The van der Waals surface area contributed by atoms with Crippen LogP contribution in [0.25, 0.3) is 0 Å². The van der Waals surface area contributed by atoms with E-state index in [9.17, 15) is 0 Å². The van der Waals surface area contributed by atoms with Crippen LogP contribution in [-0.4, -0.2) is 7.11 Å². The quantitative estimate of drug-likeness (QED) is 0.782. The van der Waals surface area contributed by atoms with Crippen LogP contribution in [0.1, 0.15) is 25.0 Å². The summed E-state index contributed by atoms with van der Waals surface area (Å²) in [5.41, 5.74) is 1.08. The van der Waals surface area contributed by atoms with Gasteiger partial charge >= 0.3 is 0 Å². The zero-order chi connectivity index (χ0) is 12.3. The van der Waals surface area contributed by atoms with E-state index in [0.717, 1.165) is 17.7 Å². The molecule has 17 heavy (non-hydrogen) atoms. The van der Waals surface area contributed by atoms with Crippen LogP contribution in [-0.2, 0) is 4.74 Å². The van der Waals surface area contributed by atoms with E-state index in [1.807, 2.05) is 30.3 Å². The summed E-state index contributed by atoms with van der Waals surface area (Å²) in [6.07, 6.45) is 2.74. The average molecular weight is 229 g/mol. The topological polar surface area (TPSA) is 42.2 Å². The van der Waals surface area contributed by atoms with Crippen molar-refractivity contribution >= 4 is 0 Å². The lowest BCUT2D eigenvalue weighted by Crippen LogP contribution is -2.13. The Morgan fingerprint density at radius 3 is 2.65 bits per heavy atom. The van der Waals surface area contributed by atoms with Crippen LogP contribution in [0.5, 0.6) is 5.75 Å². The molecular weight excluding hydrogens is 214 g/mol. The molecule has 2 rings (SSSR count). The molecule has 3 nitrogen and oxygen atoms in total. The molecule has 2 atom stereocenters. The number of benzene rings is 1. The first kappa shape index (κ1) is 11.5. The number of allylic oxidation sites excluding steroid dienone is 2. The Hall–Kier alpha value is -1.95. The molecule has 0 aliphatic carbocycles. The monoisotopic (exact) mass is 229 g/mol. The molecule has 88 valence electrons. The summed E-state index contributed by atoms with van der Waals surface area (Å²) in [5, 5.41) is 8.89. The first-order chi connectivity index (χ1) is 8.22. The summed E-state index contributed by atoms with van der Waals surface area (Å²) in [6.45, 7) is 2.09. The highest BCUT2D eigenvalue weighted by atomic mass is 16.5. The Morgan fingerprint density at radius 1 is 1.35 bits per heavy atom. The van der Waals surface area contributed by atoms with Gasteiger partial charge < -0.3 is 9.47 Å². The van der Waals surface area contributed by atoms with Crippen LogP contribution in [0.3, 0.4) is 0 Å². The minimum absolute atomic E-state index is 0.0319. The van der Waals surface area contributed by atoms with E-state index in [1.165, 1.54) is 0 Å². The van der Waals surface area contributed by atoms with Crippen molar-refractivity contribution < 1.29 is 9.47 Å². The van der Waals surface area contributed by atoms with Crippen LogP contribution < -0.4 is 4.74 Å². The van der Waals surface area contributed by atoms with Crippen molar-refractivity contribution in [2.24, 2.45) is 5.92 Å². The van der Waals surface area contributed by atoms with E-state index >= 15 is 0 Å². The molecule has 0 aromatic heterocycles. The fourth-order valence-corrected chi connectivity index (χ4v) is 1.99. The van der Waals surface area contributed by atoms with Crippen LogP contribution in [0, 0.1) is 17.2 Å². The zero-order valence-electron chi connectivity index (χ0n) is 10.0. The predicted octanol–water partition coefficient (Wildman–Crippen LogP) is 3.20. The molecule has 0 spiro atoms. The number of rotatable bonds is 2. The molecule has 0 amide bonds. The molecule has 0 unspecified atom stereocenters. The lowest BCUT2D eigenvalue weighted by Gasteiger charge is -2.25. The molecule has 1 heterocycles. The van der Waals surface area contributed by atoms with Gasteiger partial charge in [0.15, 0.2) is 5.76 Å². The molecule has 0 bridgehead atoms. The van der Waals surface area contributed by atoms with Gasteiger partial charge in [-0.15, -0.1) is 0 Å². The van der Waals surface area contributed by atoms with Crippen LogP contribution in [0.2, 0.25) is 0 Å². The van der Waals surface area contributed by atoms with E-state index in [2.05, 4.69) is 13.0 Å². The van der Waals surface area contributed by atoms with Crippen molar-refractivity contribution in [2.75, 3.05) is 7.11 Å². The maximum atomic E-state index is 8.89. The van der Waals surface area contributed by atoms with Crippen molar-refractivity contribution in [3.8, 4) is 11.8 Å². The first-order valence-corrected chi connectivity index (χ1v) is 5.65. The SMILES string of the molecule is COc1ccc([C@@H]2C[C@H](C)C=C(C#N)O2)cc1. The summed E-state index contributed by atoms with van der Waals surface area (Å²) >= 11 is 0. The highest BCUT2D eigenvalue weighted by Crippen LogP contribution is 2.33. The van der Waals surface area contributed by atoms with E-state index in [0.29, 0.717) is 11.7 Å². The summed E-state index contributed by atoms with van der Waals surface area (Å²) in [4.78, 5) is 0. The van der Waals surface area contributed by atoms with Crippen molar-refractivity contribution in [2.45, 2.75) is 19.4 Å². The Bertz CT molecular complexity index is 456. The Labute approximate surface area is 101 Å². The van der Waals surface area contributed by atoms with Crippen molar-refractivity contribution in [3.05, 3.63) is 41.7 Å². The molecule has 1 aromatic rings. The minimum atomic E-state index is -0.0319. The largest absolute Gasteiger partial charge is 0.497 e. The normalized spacial score (nSPS) is 23.2. The van der Waals surface area contributed by atoms with E-state index < -0.39 is 0 Å². The summed E-state index contributed by atoms with van der Waals surface area (Å²) in [7, 11) is 1.64. The molecule has 3 heteroatoms. The first-order valence-electron chi connectivity index (χ1n) is 5.65. The maximum Gasteiger partial charge on any atom is 0.193 e. The Kier molecular flexibility index (Phi) is 3.34. The molecule has 1 aliphatic rings. The number of hydrogen-bond donors (Lipinski definition) is 0. The van der Waals surface area contributed by atoms with Gasteiger partial charge in [0.25, 0.3) is 0 Å². The molecule has 0 radical (unpaired) electrons. The molecule has 1 aromatic carbocycles. The fourth-order valence-electron chi connectivity index (χ4n) is 1.99. The van der Waals surface area contributed by atoms with Gasteiger partial charge in [0.1, 0.15) is 17.9 Å². The molecule has 0 fully saturated rings. The third kappa shape index (κ3) is 2.59. The standard InChI is InChI=1S/C14H15NO2/c1-10-7-13(9-15)17-14(8-10)11-3-5-12(16-2)6-4-11/h3-7,10,14H,8H2,1-2H3/t10-,14+/m1/s1. The van der Waals surface area contributed by atoms with Crippen molar-refractivity contribution in [1.82, 2.24) is 0 Å². The smallest absolute Gasteiger partial charge is 0.193 e. The Morgan fingerprint density at radius 2 is 2.06 bits per heavy atom. The summed E-state index contributed by atoms with van der Waals surface area (Å²) < 4.78 is 10.7. The highest BCUT2D eigenvalue weighted by Gasteiger charge is 2.22. The zero-order valence-corrected chi connectivity index (χ0v) is 10.0. The third-order valence-electron chi connectivity index (χ3n) is 2.89. The number of nitrogens with zero attached hydrogens (tertiary/aromatic N) is 1. The number of ether oxygens (including phenoxy) is 2. The van der Waals surface area contributed by atoms with Gasteiger partial charge in [-0.05, 0) is 36.1 Å². The lowest BCUT2D eigenvalue weighted by atomic mass is 9.95. The van der Waals surface area contributed by atoms with Gasteiger partial charge in [-0.1, -0.05) is 19.1 Å². The number of methoxy groups -OCH3 is 1. The van der Waals surface area contributed by atoms with Crippen molar-refractivity contribution in [1.29, 1.82) is 5.26 Å². The average Bonchev–Trinajstić information content (AvgIpc) is 2.38.